The summed E-state index contributed by atoms with van der Waals surface area (Å²) in [5.74, 6) is -0.0112. The number of sulfonamides is 1. The van der Waals surface area contributed by atoms with Crippen LogP contribution < -0.4 is 4.72 Å². The van der Waals surface area contributed by atoms with Crippen molar-refractivity contribution in [3.05, 3.63) is 60.2 Å². The molecule has 0 bridgehead atoms. The van der Waals surface area contributed by atoms with Crippen molar-refractivity contribution in [3.8, 4) is 0 Å². The lowest BCUT2D eigenvalue weighted by atomic mass is 9.92. The number of amides is 1. The van der Waals surface area contributed by atoms with Crippen molar-refractivity contribution in [1.29, 1.82) is 0 Å². The van der Waals surface area contributed by atoms with Crippen LogP contribution in [0.5, 0.6) is 0 Å². The minimum atomic E-state index is -3.64. The molecule has 0 radical (unpaired) electrons. The zero-order chi connectivity index (χ0) is 21.8. The lowest BCUT2D eigenvalue weighted by Gasteiger charge is -2.36. The van der Waals surface area contributed by atoms with Gasteiger partial charge in [-0.25, -0.2) is 8.42 Å². The predicted molar refractivity (Wildman–Crippen MR) is 120 cm³/mol. The minimum absolute atomic E-state index is 0.0112. The molecule has 3 rings (SSSR count). The summed E-state index contributed by atoms with van der Waals surface area (Å²) in [5, 5.41) is 0. The van der Waals surface area contributed by atoms with E-state index in [1.165, 1.54) is 0 Å². The van der Waals surface area contributed by atoms with E-state index in [0.29, 0.717) is 29.8 Å². The van der Waals surface area contributed by atoms with Gasteiger partial charge in [0.25, 0.3) is 15.9 Å². The highest BCUT2D eigenvalue weighted by molar-refractivity contribution is 7.92. The van der Waals surface area contributed by atoms with Crippen LogP contribution in [0.2, 0.25) is 0 Å². The summed E-state index contributed by atoms with van der Waals surface area (Å²) < 4.78 is 27.4. The van der Waals surface area contributed by atoms with E-state index in [0.717, 1.165) is 26.1 Å². The highest BCUT2D eigenvalue weighted by atomic mass is 32.2. The number of carbonyl (C=O) groups excluding carboxylic acids is 1. The second kappa shape index (κ2) is 9.18. The van der Waals surface area contributed by atoms with Crippen molar-refractivity contribution in [2.24, 2.45) is 5.41 Å². The fourth-order valence-corrected chi connectivity index (χ4v) is 4.42. The van der Waals surface area contributed by atoms with Gasteiger partial charge < -0.3 is 4.90 Å². The molecule has 0 spiro atoms. The molecule has 1 aliphatic heterocycles. The quantitative estimate of drug-likeness (QED) is 0.760. The molecular formula is C23H31N3O3S. The lowest BCUT2D eigenvalue weighted by molar-refractivity contribution is 0.0623. The van der Waals surface area contributed by atoms with Crippen molar-refractivity contribution in [2.45, 2.75) is 32.1 Å². The van der Waals surface area contributed by atoms with Crippen molar-refractivity contribution < 1.29 is 13.2 Å². The third kappa shape index (κ3) is 6.06. The zero-order valence-corrected chi connectivity index (χ0v) is 18.8. The SMILES string of the molecule is CC(C)(C)CCN1CCN(C(=O)c2ccc(NS(=O)(=O)c3ccccc3)cc2)CC1. The number of hydrogen-bond acceptors (Lipinski definition) is 4. The first kappa shape index (κ1) is 22.3. The van der Waals surface area contributed by atoms with Gasteiger partial charge in [-0.15, -0.1) is 0 Å². The van der Waals surface area contributed by atoms with Gasteiger partial charge in [0.1, 0.15) is 0 Å². The maximum Gasteiger partial charge on any atom is 0.261 e. The smallest absolute Gasteiger partial charge is 0.261 e. The normalized spacial score (nSPS) is 15.8. The van der Waals surface area contributed by atoms with Gasteiger partial charge in [-0.2, -0.15) is 0 Å². The van der Waals surface area contributed by atoms with Crippen LogP contribution in [0.3, 0.4) is 0 Å². The Balaban J connectivity index is 1.56. The standard InChI is InChI=1S/C23H31N3O3S/c1-23(2,3)13-14-25-15-17-26(18-16-25)22(27)19-9-11-20(12-10-19)24-30(28,29)21-7-5-4-6-8-21/h4-12,24H,13-18H2,1-3H3. The second-order valence-corrected chi connectivity index (χ2v) is 10.6. The van der Waals surface area contributed by atoms with E-state index in [4.69, 9.17) is 0 Å². The third-order valence-electron chi connectivity index (χ3n) is 5.28. The van der Waals surface area contributed by atoms with Gasteiger partial charge in [0.15, 0.2) is 0 Å². The molecule has 6 nitrogen and oxygen atoms in total. The number of benzene rings is 2. The third-order valence-corrected chi connectivity index (χ3v) is 6.67. The summed E-state index contributed by atoms with van der Waals surface area (Å²) in [4.78, 5) is 17.3. The molecule has 1 saturated heterocycles. The van der Waals surface area contributed by atoms with E-state index in [1.54, 1.807) is 54.6 Å². The maximum absolute atomic E-state index is 12.8. The van der Waals surface area contributed by atoms with Crippen LogP contribution >= 0.6 is 0 Å². The van der Waals surface area contributed by atoms with Crippen molar-refractivity contribution in [2.75, 3.05) is 37.4 Å². The molecule has 1 aliphatic rings. The van der Waals surface area contributed by atoms with Gasteiger partial charge in [0, 0.05) is 37.4 Å². The van der Waals surface area contributed by atoms with E-state index < -0.39 is 10.0 Å². The molecule has 0 saturated carbocycles. The van der Waals surface area contributed by atoms with Crippen LogP contribution in [0.25, 0.3) is 0 Å². The Labute approximate surface area is 179 Å². The van der Waals surface area contributed by atoms with E-state index in [2.05, 4.69) is 30.4 Å². The van der Waals surface area contributed by atoms with Gasteiger partial charge in [-0.1, -0.05) is 39.0 Å². The number of anilines is 1. The molecule has 1 heterocycles. The number of hydrogen-bond donors (Lipinski definition) is 1. The molecule has 1 fully saturated rings. The van der Waals surface area contributed by atoms with Crippen molar-refractivity contribution >= 4 is 21.6 Å². The maximum atomic E-state index is 12.8. The molecule has 1 amide bonds. The first-order chi connectivity index (χ1) is 14.1. The number of nitrogens with one attached hydrogen (secondary N) is 1. The van der Waals surface area contributed by atoms with Crippen LogP contribution in [0.4, 0.5) is 5.69 Å². The highest BCUT2D eigenvalue weighted by Crippen LogP contribution is 2.20. The molecule has 30 heavy (non-hydrogen) atoms. The minimum Gasteiger partial charge on any atom is -0.336 e. The molecule has 0 aromatic heterocycles. The molecule has 0 atom stereocenters. The van der Waals surface area contributed by atoms with Gasteiger partial charge in [0.05, 0.1) is 4.90 Å². The Morgan fingerprint density at radius 2 is 1.53 bits per heavy atom. The van der Waals surface area contributed by atoms with E-state index in [-0.39, 0.29) is 10.8 Å². The summed E-state index contributed by atoms with van der Waals surface area (Å²) in [6.07, 6.45) is 1.14. The molecule has 1 N–H and O–H groups in total. The summed E-state index contributed by atoms with van der Waals surface area (Å²) >= 11 is 0. The molecular weight excluding hydrogens is 398 g/mol. The van der Waals surface area contributed by atoms with Gasteiger partial charge in [-0.3, -0.25) is 14.4 Å². The Kier molecular flexibility index (Phi) is 6.83. The van der Waals surface area contributed by atoms with Crippen molar-refractivity contribution in [1.82, 2.24) is 9.80 Å². The largest absolute Gasteiger partial charge is 0.336 e. The number of nitrogens with zero attached hydrogens (tertiary/aromatic N) is 2. The number of carbonyl (C=O) groups is 1. The first-order valence-corrected chi connectivity index (χ1v) is 11.8. The predicted octanol–water partition coefficient (Wildman–Crippen LogP) is 3.68. The Morgan fingerprint density at radius 1 is 0.933 bits per heavy atom. The summed E-state index contributed by atoms with van der Waals surface area (Å²) in [7, 11) is -3.64. The fourth-order valence-electron chi connectivity index (χ4n) is 3.35. The molecule has 162 valence electrons. The van der Waals surface area contributed by atoms with Gasteiger partial charge >= 0.3 is 0 Å². The summed E-state index contributed by atoms with van der Waals surface area (Å²) in [6, 6.07) is 14.8. The summed E-state index contributed by atoms with van der Waals surface area (Å²) in [6.45, 7) is 11.0. The van der Waals surface area contributed by atoms with Gasteiger partial charge in [0.2, 0.25) is 0 Å². The van der Waals surface area contributed by atoms with Crippen LogP contribution in [0, 0.1) is 5.41 Å². The first-order valence-electron chi connectivity index (χ1n) is 10.3. The van der Waals surface area contributed by atoms with Crippen LogP contribution in [0.1, 0.15) is 37.6 Å². The molecule has 2 aromatic carbocycles. The average Bonchev–Trinajstić information content (AvgIpc) is 2.72. The Bertz CT molecular complexity index is 943. The number of piperazine rings is 1. The van der Waals surface area contributed by atoms with Crippen LogP contribution in [0.15, 0.2) is 59.5 Å². The van der Waals surface area contributed by atoms with Crippen LogP contribution in [-0.4, -0.2) is 56.8 Å². The molecule has 0 unspecified atom stereocenters. The van der Waals surface area contributed by atoms with E-state index in [9.17, 15) is 13.2 Å². The molecule has 2 aromatic rings. The monoisotopic (exact) mass is 429 g/mol. The van der Waals surface area contributed by atoms with Crippen molar-refractivity contribution in [3.63, 3.8) is 0 Å². The fraction of sp³-hybridized carbons (Fsp3) is 0.435. The average molecular weight is 430 g/mol. The second-order valence-electron chi connectivity index (χ2n) is 8.94. The Morgan fingerprint density at radius 3 is 2.10 bits per heavy atom. The van der Waals surface area contributed by atoms with E-state index >= 15 is 0 Å². The molecule has 0 aliphatic carbocycles. The zero-order valence-electron chi connectivity index (χ0n) is 18.0. The highest BCUT2D eigenvalue weighted by Gasteiger charge is 2.23. The topological polar surface area (TPSA) is 69.7 Å². The van der Waals surface area contributed by atoms with Crippen LogP contribution in [-0.2, 0) is 10.0 Å². The lowest BCUT2D eigenvalue weighted by Crippen LogP contribution is -2.49. The Hall–Kier alpha value is -2.38. The summed E-state index contributed by atoms with van der Waals surface area (Å²) in [5.41, 5.74) is 1.32. The van der Waals surface area contributed by atoms with E-state index in [1.807, 2.05) is 4.90 Å². The van der Waals surface area contributed by atoms with Gasteiger partial charge in [-0.05, 0) is 54.8 Å². The number of rotatable bonds is 6. The molecule has 7 heteroatoms.